The van der Waals surface area contributed by atoms with Gasteiger partial charge in [0.25, 0.3) is 0 Å². The van der Waals surface area contributed by atoms with Crippen LogP contribution in [0.5, 0.6) is 0 Å². The molecule has 1 atom stereocenters. The quantitative estimate of drug-likeness (QED) is 0.694. The molecule has 4 nitrogen and oxygen atoms in total. The van der Waals surface area contributed by atoms with E-state index < -0.39 is 0 Å². The molecule has 0 aliphatic carbocycles. The maximum absolute atomic E-state index is 13.1. The third-order valence-corrected chi connectivity index (χ3v) is 6.91. The van der Waals surface area contributed by atoms with Gasteiger partial charge in [-0.25, -0.2) is 0 Å². The molecule has 2 aliphatic heterocycles. The van der Waals surface area contributed by atoms with Gasteiger partial charge < -0.3 is 4.90 Å². The lowest BCUT2D eigenvalue weighted by atomic mass is 9.85. The molecule has 0 N–H and O–H groups in total. The number of rotatable bonds is 3. The first-order chi connectivity index (χ1) is 14.0. The number of hydrogen-bond acceptors (Lipinski definition) is 4. The van der Waals surface area contributed by atoms with Crippen molar-refractivity contribution in [3.05, 3.63) is 75.8 Å². The zero-order chi connectivity index (χ0) is 20.5. The summed E-state index contributed by atoms with van der Waals surface area (Å²) in [6, 6.07) is 19.0. The molecule has 0 bridgehead atoms. The van der Waals surface area contributed by atoms with Crippen molar-refractivity contribution >= 4 is 23.4 Å². The summed E-state index contributed by atoms with van der Waals surface area (Å²) in [4.78, 5) is 17.0. The summed E-state index contributed by atoms with van der Waals surface area (Å²) < 4.78 is 0. The minimum atomic E-state index is -0.155. The highest BCUT2D eigenvalue weighted by molar-refractivity contribution is 8.03. The maximum Gasteiger partial charge on any atom is 0.229 e. The number of benzene rings is 2. The van der Waals surface area contributed by atoms with Crippen LogP contribution in [0.3, 0.4) is 0 Å². The van der Waals surface area contributed by atoms with E-state index in [4.69, 9.17) is 0 Å². The smallest absolute Gasteiger partial charge is 0.229 e. The Kier molecular flexibility index (Phi) is 5.38. The summed E-state index contributed by atoms with van der Waals surface area (Å²) in [5.41, 5.74) is 5.36. The van der Waals surface area contributed by atoms with Crippen LogP contribution in [0, 0.1) is 18.3 Å². The number of carbonyl (C=O) groups is 1. The molecule has 1 amide bonds. The Labute approximate surface area is 176 Å². The first-order valence-electron chi connectivity index (χ1n) is 9.97. The van der Waals surface area contributed by atoms with Crippen molar-refractivity contribution < 1.29 is 4.79 Å². The van der Waals surface area contributed by atoms with Crippen LogP contribution in [0.2, 0.25) is 0 Å². The molecule has 0 aromatic heterocycles. The summed E-state index contributed by atoms with van der Waals surface area (Å²) in [5.74, 6) is 1.12. The summed E-state index contributed by atoms with van der Waals surface area (Å²) in [6.45, 7) is 6.91. The minimum absolute atomic E-state index is 0.0859. The number of hydrogen-bond donors (Lipinski definition) is 0. The summed E-state index contributed by atoms with van der Waals surface area (Å²) >= 11 is 1.59. The molecule has 1 saturated heterocycles. The molecule has 148 valence electrons. The predicted molar refractivity (Wildman–Crippen MR) is 118 cm³/mol. The molecule has 29 heavy (non-hydrogen) atoms. The van der Waals surface area contributed by atoms with E-state index in [0.29, 0.717) is 19.0 Å². The predicted octanol–water partition coefficient (Wildman–Crippen LogP) is 5.34. The number of anilines is 1. The van der Waals surface area contributed by atoms with Crippen LogP contribution in [-0.4, -0.2) is 23.4 Å². The molecule has 2 aliphatic rings. The molecular formula is C24H25N3OS. The van der Waals surface area contributed by atoms with E-state index in [1.165, 1.54) is 11.1 Å². The Hall–Kier alpha value is -2.71. The van der Waals surface area contributed by atoms with E-state index in [1.807, 2.05) is 12.1 Å². The Balaban J connectivity index is 1.65. The number of nitriles is 1. The number of carbonyl (C=O) groups excluding carboxylic acids is 1. The highest BCUT2D eigenvalue weighted by Gasteiger charge is 2.38. The van der Waals surface area contributed by atoms with Crippen molar-refractivity contribution in [2.45, 2.75) is 39.0 Å². The second-order valence-electron chi connectivity index (χ2n) is 7.97. The molecule has 0 radical (unpaired) electrons. The van der Waals surface area contributed by atoms with E-state index in [1.54, 1.807) is 16.7 Å². The van der Waals surface area contributed by atoms with Gasteiger partial charge in [-0.15, -0.1) is 0 Å². The fourth-order valence-corrected chi connectivity index (χ4v) is 5.19. The second-order valence-corrected chi connectivity index (χ2v) is 8.91. The number of thioether (sulfide) groups is 1. The van der Waals surface area contributed by atoms with Crippen LogP contribution < -0.4 is 4.90 Å². The van der Waals surface area contributed by atoms with Crippen LogP contribution >= 0.6 is 11.8 Å². The second kappa shape index (κ2) is 7.96. The normalized spacial score (nSPS) is 19.4. The van der Waals surface area contributed by atoms with E-state index in [2.05, 4.69) is 68.1 Å². The topological polar surface area (TPSA) is 47.3 Å². The van der Waals surface area contributed by atoms with Gasteiger partial charge in [0.2, 0.25) is 5.91 Å². The van der Waals surface area contributed by atoms with Gasteiger partial charge in [0.1, 0.15) is 0 Å². The zero-order valence-corrected chi connectivity index (χ0v) is 17.9. The van der Waals surface area contributed by atoms with Crippen LogP contribution in [0.25, 0.3) is 0 Å². The van der Waals surface area contributed by atoms with E-state index in [9.17, 15) is 10.1 Å². The lowest BCUT2D eigenvalue weighted by Gasteiger charge is -2.42. The van der Waals surface area contributed by atoms with Crippen molar-refractivity contribution in [2.75, 3.05) is 17.4 Å². The number of nitrogens with zero attached hydrogens (tertiary/aromatic N) is 3. The largest absolute Gasteiger partial charge is 0.343 e. The molecule has 0 unspecified atom stereocenters. The van der Waals surface area contributed by atoms with Crippen molar-refractivity contribution in [3.8, 4) is 6.07 Å². The van der Waals surface area contributed by atoms with Crippen molar-refractivity contribution in [2.24, 2.45) is 0 Å². The summed E-state index contributed by atoms with van der Waals surface area (Å²) in [6.07, 6.45) is 0.343. The van der Waals surface area contributed by atoms with Gasteiger partial charge in [-0.3, -0.25) is 9.69 Å². The summed E-state index contributed by atoms with van der Waals surface area (Å²) in [7, 11) is 0. The zero-order valence-electron chi connectivity index (χ0n) is 17.1. The lowest BCUT2D eigenvalue weighted by Crippen LogP contribution is -2.47. The third kappa shape index (κ3) is 3.65. The molecule has 0 saturated carbocycles. The van der Waals surface area contributed by atoms with Crippen LogP contribution in [-0.2, 0) is 4.79 Å². The fourth-order valence-electron chi connectivity index (χ4n) is 4.03. The van der Waals surface area contributed by atoms with Gasteiger partial charge in [-0.05, 0) is 35.6 Å². The monoisotopic (exact) mass is 403 g/mol. The fraction of sp³-hybridized carbons (Fsp3) is 0.333. The van der Waals surface area contributed by atoms with E-state index >= 15 is 0 Å². The number of para-hydroxylation sites is 1. The van der Waals surface area contributed by atoms with Gasteiger partial charge in [0.15, 0.2) is 0 Å². The molecule has 1 fully saturated rings. The number of aryl methyl sites for hydroxylation is 1. The molecule has 0 spiro atoms. The number of allylic oxidation sites excluding steroid dienone is 1. The molecule has 2 heterocycles. The van der Waals surface area contributed by atoms with Gasteiger partial charge >= 0.3 is 0 Å². The van der Waals surface area contributed by atoms with Gasteiger partial charge in [0, 0.05) is 18.0 Å². The minimum Gasteiger partial charge on any atom is -0.343 e. The Morgan fingerprint density at radius 3 is 2.52 bits per heavy atom. The van der Waals surface area contributed by atoms with Crippen molar-refractivity contribution in [3.63, 3.8) is 0 Å². The van der Waals surface area contributed by atoms with E-state index in [0.717, 1.165) is 27.7 Å². The van der Waals surface area contributed by atoms with Crippen molar-refractivity contribution in [1.29, 1.82) is 5.26 Å². The molecular weight excluding hydrogens is 378 g/mol. The van der Waals surface area contributed by atoms with Crippen LogP contribution in [0.1, 0.15) is 48.8 Å². The molecule has 2 aromatic carbocycles. The molecule has 4 rings (SSSR count). The highest BCUT2D eigenvalue weighted by atomic mass is 32.2. The Morgan fingerprint density at radius 1 is 1.14 bits per heavy atom. The van der Waals surface area contributed by atoms with Crippen molar-refractivity contribution in [1.82, 2.24) is 4.90 Å². The van der Waals surface area contributed by atoms with Gasteiger partial charge in [0.05, 0.1) is 29.2 Å². The number of amides is 1. The van der Waals surface area contributed by atoms with Crippen LogP contribution in [0.15, 0.2) is 59.1 Å². The van der Waals surface area contributed by atoms with E-state index in [-0.39, 0.29) is 11.8 Å². The lowest BCUT2D eigenvalue weighted by molar-refractivity contribution is -0.129. The van der Waals surface area contributed by atoms with Gasteiger partial charge in [-0.1, -0.05) is 68.1 Å². The van der Waals surface area contributed by atoms with Gasteiger partial charge in [-0.2, -0.15) is 5.26 Å². The highest BCUT2D eigenvalue weighted by Crippen LogP contribution is 2.43. The molecule has 2 aromatic rings. The Bertz CT molecular complexity index is 1000. The number of fused-ring (bicyclic) bond motifs is 1. The average molecular weight is 404 g/mol. The average Bonchev–Trinajstić information content (AvgIpc) is 2.74. The summed E-state index contributed by atoms with van der Waals surface area (Å²) in [5, 5.41) is 10.8. The SMILES string of the molecule is Cc1ccccc1N1CSC2=C(C#N)[C@@H](c3ccc(C(C)C)cc3)CC(=O)N2C1. The first-order valence-corrected chi connectivity index (χ1v) is 11.0. The third-order valence-electron chi connectivity index (χ3n) is 5.76. The standard InChI is InChI=1S/C24H25N3OS/c1-16(2)18-8-10-19(11-9-18)20-12-23(28)27-14-26(15-29-24(27)21(20)13-25)22-7-5-4-6-17(22)3/h4-11,16,20H,12,14-15H2,1-3H3/t20-/m1/s1. The maximum atomic E-state index is 13.1. The Morgan fingerprint density at radius 2 is 1.86 bits per heavy atom. The first kappa shape index (κ1) is 19.6. The molecule has 5 heteroatoms. The van der Waals surface area contributed by atoms with Crippen LogP contribution in [0.4, 0.5) is 5.69 Å².